The molecule has 2 heterocycles. The lowest BCUT2D eigenvalue weighted by Gasteiger charge is -2.21. The molecule has 0 radical (unpaired) electrons. The minimum atomic E-state index is -1.28. The van der Waals surface area contributed by atoms with Gasteiger partial charge in [0.2, 0.25) is 0 Å². The minimum Gasteiger partial charge on any atom is -0.496 e. The van der Waals surface area contributed by atoms with Gasteiger partial charge in [-0.3, -0.25) is 9.36 Å². The van der Waals surface area contributed by atoms with Crippen molar-refractivity contribution in [1.29, 1.82) is 0 Å². The molecule has 0 saturated heterocycles. The summed E-state index contributed by atoms with van der Waals surface area (Å²) in [6.07, 6.45) is -1.04. The monoisotopic (exact) mass is 586 g/mol. The Hall–Kier alpha value is -2.85. The molecule has 0 saturated carbocycles. The van der Waals surface area contributed by atoms with Crippen LogP contribution >= 0.6 is 22.9 Å². The topological polar surface area (TPSA) is 89.8 Å². The maximum absolute atomic E-state index is 13.7. The molecule has 0 aliphatic rings. The second-order valence-corrected chi connectivity index (χ2v) is 18.4. The molecule has 2 N–H and O–H groups in total. The van der Waals surface area contributed by atoms with Crippen molar-refractivity contribution >= 4 is 58.1 Å². The summed E-state index contributed by atoms with van der Waals surface area (Å²) in [5, 5.41) is 13.1. The highest BCUT2D eigenvalue weighted by molar-refractivity contribution is 7.22. The van der Waals surface area contributed by atoms with Crippen LogP contribution < -0.4 is 15.6 Å². The third kappa shape index (κ3) is 6.32. The van der Waals surface area contributed by atoms with Crippen molar-refractivity contribution in [2.24, 2.45) is 0 Å². The zero-order valence-corrected chi connectivity index (χ0v) is 25.8. The Labute approximate surface area is 238 Å². The maximum Gasteiger partial charge on any atom is 0.404 e. The number of nitrogens with one attached hydrogen (secondary N) is 1. The molecule has 208 valence electrons. The quantitative estimate of drug-likeness (QED) is 0.148. The van der Waals surface area contributed by atoms with Crippen LogP contribution in [0.3, 0.4) is 0 Å². The predicted molar refractivity (Wildman–Crippen MR) is 164 cm³/mol. The number of hydrogen-bond donors (Lipinski definition) is 2. The van der Waals surface area contributed by atoms with Crippen molar-refractivity contribution in [3.8, 4) is 16.9 Å². The number of thiophene rings is 1. The van der Waals surface area contributed by atoms with Crippen LogP contribution in [0.25, 0.3) is 32.1 Å². The molecule has 0 aliphatic heterocycles. The number of pyridine rings is 1. The summed E-state index contributed by atoms with van der Waals surface area (Å²) in [5.41, 5.74) is 4.40. The van der Waals surface area contributed by atoms with Crippen molar-refractivity contribution in [2.75, 3.05) is 20.3 Å². The second kappa shape index (κ2) is 11.7. The Kier molecular flexibility index (Phi) is 8.75. The van der Waals surface area contributed by atoms with Gasteiger partial charge in [-0.2, -0.15) is 0 Å². The smallest absolute Gasteiger partial charge is 0.404 e. The number of halogens is 1. The average Bonchev–Trinajstić information content (AvgIpc) is 3.27. The summed E-state index contributed by atoms with van der Waals surface area (Å²) in [6, 6.07) is 12.9. The molecule has 2 aromatic heterocycles. The Bertz CT molecular complexity index is 1570. The number of benzene rings is 2. The van der Waals surface area contributed by atoms with E-state index in [1.165, 1.54) is 11.3 Å². The maximum atomic E-state index is 13.7. The van der Waals surface area contributed by atoms with Crippen molar-refractivity contribution in [2.45, 2.75) is 52.2 Å². The number of carbonyl (C=O) groups is 1. The van der Waals surface area contributed by atoms with E-state index in [1.807, 2.05) is 50.2 Å². The number of rotatable bonds is 10. The molecule has 10 heteroatoms. The number of methoxy groups -OCH3 is 1. The summed E-state index contributed by atoms with van der Waals surface area (Å²) in [5.74, 6) is 0.703. The van der Waals surface area contributed by atoms with Gasteiger partial charge in [0.15, 0.2) is 0 Å². The van der Waals surface area contributed by atoms with Crippen LogP contribution in [-0.2, 0) is 11.5 Å². The normalized spacial score (nSPS) is 12.7. The van der Waals surface area contributed by atoms with E-state index >= 15 is 0 Å². The van der Waals surface area contributed by atoms with Gasteiger partial charge in [-0.25, -0.2) is 4.79 Å². The van der Waals surface area contributed by atoms with Crippen molar-refractivity contribution in [3.63, 3.8) is 0 Å². The number of aromatic nitrogens is 1. The highest BCUT2D eigenvalue weighted by Crippen LogP contribution is 2.44. The van der Waals surface area contributed by atoms with E-state index in [1.54, 1.807) is 11.7 Å². The number of nitrogens with zero attached hydrogens (tertiary/aromatic N) is 1. The molecule has 2 aromatic carbocycles. The second-order valence-electron chi connectivity index (χ2n) is 11.1. The first-order chi connectivity index (χ1) is 18.4. The van der Waals surface area contributed by atoms with E-state index in [0.29, 0.717) is 27.9 Å². The van der Waals surface area contributed by atoms with Crippen LogP contribution in [0, 0.1) is 6.92 Å². The molecule has 4 rings (SSSR count). The fourth-order valence-corrected chi connectivity index (χ4v) is 6.69. The first kappa shape index (κ1) is 29.1. The summed E-state index contributed by atoms with van der Waals surface area (Å²) in [7, 11) is 0.364. The van der Waals surface area contributed by atoms with E-state index in [-0.39, 0.29) is 18.2 Å². The number of carboxylic acid groups (broad SMARTS) is 1. The van der Waals surface area contributed by atoms with Gasteiger partial charge in [0.05, 0.1) is 17.0 Å². The Morgan fingerprint density at radius 2 is 1.90 bits per heavy atom. The van der Waals surface area contributed by atoms with Crippen molar-refractivity contribution in [3.05, 3.63) is 62.2 Å². The number of ether oxygens (including phenoxy) is 2. The standard InChI is InChI=1S/C29H35ClN2O5SSi/c1-17-13-22(36-3)24(20-9-7-19(8-10-20)18(2)15-31-29(34)35)25-21-14-23(30)38-27(21)28(33)32(26(17)25)16-37-11-12-39(4,5)6/h7-10,13-14,18,31H,11-12,15-16H2,1-6H3,(H,34,35). The number of aryl methyl sites for hydroxylation is 1. The SMILES string of the molecule is COc1cc(C)c2c(c1-c1ccc(C(C)CNC(=O)O)cc1)c1cc(Cl)sc1c(=O)n2COCC[Si](C)(C)C. The van der Waals surface area contributed by atoms with Gasteiger partial charge in [0.25, 0.3) is 5.56 Å². The molecule has 4 aromatic rings. The lowest BCUT2D eigenvalue weighted by atomic mass is 9.92. The minimum absolute atomic E-state index is 0.00711. The van der Waals surface area contributed by atoms with E-state index in [4.69, 9.17) is 26.2 Å². The lowest BCUT2D eigenvalue weighted by Crippen LogP contribution is -2.25. The van der Waals surface area contributed by atoms with Gasteiger partial charge in [0, 0.05) is 37.6 Å². The van der Waals surface area contributed by atoms with E-state index in [0.717, 1.165) is 44.6 Å². The molecule has 1 amide bonds. The van der Waals surface area contributed by atoms with Gasteiger partial charge in [-0.05, 0) is 47.7 Å². The van der Waals surface area contributed by atoms with Crippen LogP contribution in [0.15, 0.2) is 41.2 Å². The molecule has 0 bridgehead atoms. The summed E-state index contributed by atoms with van der Waals surface area (Å²) >= 11 is 7.75. The van der Waals surface area contributed by atoms with Crippen LogP contribution in [0.4, 0.5) is 4.79 Å². The largest absolute Gasteiger partial charge is 0.496 e. The molecule has 1 unspecified atom stereocenters. The highest BCUT2D eigenvalue weighted by atomic mass is 35.5. The first-order valence-electron chi connectivity index (χ1n) is 12.9. The molecular formula is C29H35ClN2O5SSi. The zero-order valence-electron chi connectivity index (χ0n) is 23.2. The van der Waals surface area contributed by atoms with E-state index in [2.05, 4.69) is 25.0 Å². The summed E-state index contributed by atoms with van der Waals surface area (Å²) in [6.45, 7) is 11.9. The van der Waals surface area contributed by atoms with E-state index < -0.39 is 14.2 Å². The van der Waals surface area contributed by atoms with Crippen LogP contribution in [-0.4, -0.2) is 44.1 Å². The zero-order chi connectivity index (χ0) is 28.5. The molecule has 0 spiro atoms. The molecule has 39 heavy (non-hydrogen) atoms. The predicted octanol–water partition coefficient (Wildman–Crippen LogP) is 7.54. The van der Waals surface area contributed by atoms with Gasteiger partial charge >= 0.3 is 6.09 Å². The van der Waals surface area contributed by atoms with Crippen molar-refractivity contribution < 1.29 is 19.4 Å². The average molecular weight is 587 g/mol. The van der Waals surface area contributed by atoms with Gasteiger partial charge in [0.1, 0.15) is 17.2 Å². The fourth-order valence-electron chi connectivity index (χ4n) is 4.76. The molecule has 0 aliphatic carbocycles. The molecule has 1 atom stereocenters. The van der Waals surface area contributed by atoms with Crippen LogP contribution in [0.1, 0.15) is 24.0 Å². The first-order valence-corrected chi connectivity index (χ1v) is 17.8. The van der Waals surface area contributed by atoms with Gasteiger partial charge < -0.3 is 19.9 Å². The van der Waals surface area contributed by atoms with Crippen LogP contribution in [0.2, 0.25) is 30.0 Å². The molecule has 0 fully saturated rings. The highest BCUT2D eigenvalue weighted by Gasteiger charge is 2.23. The Morgan fingerprint density at radius 3 is 2.51 bits per heavy atom. The number of hydrogen-bond acceptors (Lipinski definition) is 5. The lowest BCUT2D eigenvalue weighted by molar-refractivity contribution is 0.0882. The van der Waals surface area contributed by atoms with Gasteiger partial charge in [-0.15, -0.1) is 11.3 Å². The third-order valence-corrected chi connectivity index (χ3v) is 9.86. The fraction of sp³-hybridized carbons (Fsp3) is 0.379. The summed E-state index contributed by atoms with van der Waals surface area (Å²) < 4.78 is 14.8. The Morgan fingerprint density at radius 1 is 1.21 bits per heavy atom. The van der Waals surface area contributed by atoms with Gasteiger partial charge in [-0.1, -0.05) is 62.4 Å². The Balaban J connectivity index is 1.90. The van der Waals surface area contributed by atoms with Crippen molar-refractivity contribution in [1.82, 2.24) is 9.88 Å². The summed E-state index contributed by atoms with van der Waals surface area (Å²) in [4.78, 5) is 24.6. The third-order valence-electron chi connectivity index (χ3n) is 6.90. The number of amides is 1. The van der Waals surface area contributed by atoms with E-state index in [9.17, 15) is 9.59 Å². The number of fused-ring (bicyclic) bond motifs is 3. The molecule has 7 nitrogen and oxygen atoms in total. The van der Waals surface area contributed by atoms with Crippen LogP contribution in [0.5, 0.6) is 5.75 Å². The molecular weight excluding hydrogens is 552 g/mol.